The number of amides is 5. The van der Waals surface area contributed by atoms with Gasteiger partial charge in [0.1, 0.15) is 11.8 Å². The normalized spacial score (nSPS) is 16.2. The molecule has 2 fully saturated rings. The number of ether oxygens (including phenoxy) is 5. The number of carbonyl (C=O) groups is 6. The molecule has 77 heavy (non-hydrogen) atoms. The summed E-state index contributed by atoms with van der Waals surface area (Å²) >= 11 is 0. The van der Waals surface area contributed by atoms with Gasteiger partial charge in [0.2, 0.25) is 17.4 Å². The molecule has 3 aliphatic heterocycles. The standard InChI is InChI=1S/C54H65F3N8O12/c55-54(56,57)42-33-48(68)60-34-41(42)50(69)61-45-32-38(10-11-43(45)58)37-6-3-5-36(31-37)35-64-19-17-63(18-20-64)16-2-1-7-39(66)14-21-73-23-25-75-27-29-77-30-28-76-26-24-74-22-15-59-44-9-4-8-40-49(44)53(72)65(52(40)71)46-12-13-47(67)62-51(46)70/h3-6,8-11,31-34,46,59H,1-2,7,12-30,35,58H2,(H,60,68)(H,61,69)(H,62,67,70). The van der Waals surface area contributed by atoms with Crippen LogP contribution in [0.25, 0.3) is 11.1 Å². The van der Waals surface area contributed by atoms with E-state index in [-0.39, 0.29) is 41.1 Å². The number of nitrogens with one attached hydrogen (secondary N) is 4. The van der Waals surface area contributed by atoms with E-state index in [0.717, 1.165) is 74.3 Å². The number of hydrogen-bond acceptors (Lipinski definition) is 16. The monoisotopic (exact) mass is 1070 g/mol. The second-order valence-electron chi connectivity index (χ2n) is 18.6. The summed E-state index contributed by atoms with van der Waals surface area (Å²) in [6.07, 6.45) is -1.42. The number of hydrogen-bond donors (Lipinski definition) is 5. The summed E-state index contributed by atoms with van der Waals surface area (Å²) in [5.74, 6) is -3.12. The molecule has 0 radical (unpaired) electrons. The van der Waals surface area contributed by atoms with Gasteiger partial charge in [0.05, 0.1) is 99.7 Å². The zero-order valence-corrected chi connectivity index (χ0v) is 42.7. The van der Waals surface area contributed by atoms with Crippen molar-refractivity contribution in [1.82, 2.24) is 25.0 Å². The van der Waals surface area contributed by atoms with Gasteiger partial charge in [-0.2, -0.15) is 13.2 Å². The number of piperidine rings is 1. The number of anilines is 3. The molecule has 1 atom stereocenters. The van der Waals surface area contributed by atoms with Crippen LogP contribution in [0.1, 0.15) is 80.7 Å². The van der Waals surface area contributed by atoms with Crippen LogP contribution in [0.3, 0.4) is 0 Å². The van der Waals surface area contributed by atoms with Crippen molar-refractivity contribution >= 4 is 52.4 Å². The number of aromatic nitrogens is 1. The van der Waals surface area contributed by atoms with Crippen LogP contribution in [-0.2, 0) is 50.8 Å². The highest BCUT2D eigenvalue weighted by molar-refractivity contribution is 6.25. The molecule has 2 saturated heterocycles. The SMILES string of the molecule is Nc1ccc(-c2cccc(CN3CCN(CCCCC(=O)CCOCCOCCOCCOCCOCCNc4cccc5c4C(=O)N(C4CCC(=O)NC4=O)C5=O)CC3)c2)cc1NC(=O)c1c[nH]c(=O)cc1C(F)(F)F. The van der Waals surface area contributed by atoms with Gasteiger partial charge in [-0.15, -0.1) is 0 Å². The summed E-state index contributed by atoms with van der Waals surface area (Å²) < 4.78 is 68.6. The van der Waals surface area contributed by atoms with Crippen LogP contribution in [0.2, 0.25) is 0 Å². The molecule has 1 unspecified atom stereocenters. The molecular weight excluding hydrogens is 1010 g/mol. The number of imide groups is 2. The van der Waals surface area contributed by atoms with Gasteiger partial charge in [-0.1, -0.05) is 30.3 Å². The predicted octanol–water partition coefficient (Wildman–Crippen LogP) is 4.74. The third-order valence-corrected chi connectivity index (χ3v) is 13.1. The number of carbonyl (C=O) groups excluding carboxylic acids is 6. The first kappa shape index (κ1) is 57.8. The van der Waals surface area contributed by atoms with Gasteiger partial charge < -0.3 is 49.9 Å². The van der Waals surface area contributed by atoms with Crippen LogP contribution in [0.15, 0.2) is 77.7 Å². The maximum Gasteiger partial charge on any atom is 0.417 e. The topological polar surface area (TPSA) is 253 Å². The van der Waals surface area contributed by atoms with Crippen molar-refractivity contribution in [2.45, 2.75) is 57.3 Å². The van der Waals surface area contributed by atoms with E-state index in [1.54, 1.807) is 36.4 Å². The van der Waals surface area contributed by atoms with Gasteiger partial charge >= 0.3 is 6.18 Å². The number of piperazine rings is 1. The van der Waals surface area contributed by atoms with Gasteiger partial charge in [-0.25, -0.2) is 0 Å². The number of aromatic amines is 1. The Labute approximate surface area is 443 Å². The molecule has 3 aromatic carbocycles. The first-order valence-corrected chi connectivity index (χ1v) is 25.7. The number of Topliss-reactive ketones (excluding diaryl/α,β-unsaturated/α-hetero) is 1. The molecule has 23 heteroatoms. The molecule has 414 valence electrons. The predicted molar refractivity (Wildman–Crippen MR) is 277 cm³/mol. The van der Waals surface area contributed by atoms with E-state index >= 15 is 0 Å². The number of alkyl halides is 3. The van der Waals surface area contributed by atoms with Crippen molar-refractivity contribution in [2.75, 3.05) is 122 Å². The number of unbranched alkanes of at least 4 members (excludes halogenated alkanes) is 1. The van der Waals surface area contributed by atoms with Gasteiger partial charge in [0.15, 0.2) is 0 Å². The second kappa shape index (κ2) is 28.5. The zero-order chi connectivity index (χ0) is 54.7. The molecule has 7 rings (SSSR count). The first-order valence-electron chi connectivity index (χ1n) is 25.7. The second-order valence-corrected chi connectivity index (χ2v) is 18.6. The maximum atomic E-state index is 13.6. The van der Waals surface area contributed by atoms with Crippen molar-refractivity contribution in [2.24, 2.45) is 0 Å². The van der Waals surface area contributed by atoms with Crippen molar-refractivity contribution in [3.8, 4) is 11.1 Å². The highest BCUT2D eigenvalue weighted by Gasteiger charge is 2.45. The van der Waals surface area contributed by atoms with E-state index in [4.69, 9.17) is 29.4 Å². The van der Waals surface area contributed by atoms with Gasteiger partial charge in [-0.3, -0.25) is 48.7 Å². The van der Waals surface area contributed by atoms with Gasteiger partial charge in [0, 0.05) is 76.5 Å². The fourth-order valence-corrected chi connectivity index (χ4v) is 9.08. The first-order chi connectivity index (χ1) is 37.2. The Hall–Kier alpha value is -6.86. The fourth-order valence-electron chi connectivity index (χ4n) is 9.08. The third kappa shape index (κ3) is 16.8. The van der Waals surface area contributed by atoms with Crippen molar-refractivity contribution in [1.29, 1.82) is 0 Å². The average Bonchev–Trinajstić information content (AvgIpc) is 3.72. The molecule has 0 spiro atoms. The largest absolute Gasteiger partial charge is 0.417 e. The Balaban J connectivity index is 0.651. The van der Waals surface area contributed by atoms with E-state index < -0.39 is 58.4 Å². The van der Waals surface area contributed by atoms with E-state index in [1.165, 1.54) is 0 Å². The maximum absolute atomic E-state index is 13.6. The summed E-state index contributed by atoms with van der Waals surface area (Å²) in [5, 5.41) is 7.79. The third-order valence-electron chi connectivity index (χ3n) is 13.1. The molecule has 0 aliphatic carbocycles. The Bertz CT molecular complexity index is 2770. The van der Waals surface area contributed by atoms with E-state index in [1.807, 2.05) is 24.3 Å². The minimum absolute atomic E-state index is 0.0488. The number of halogens is 3. The number of rotatable bonds is 30. The minimum Gasteiger partial charge on any atom is -0.397 e. The van der Waals surface area contributed by atoms with E-state index in [0.29, 0.717) is 103 Å². The number of benzene rings is 3. The number of nitrogens with zero attached hydrogens (tertiary/aromatic N) is 3. The zero-order valence-electron chi connectivity index (χ0n) is 42.7. The highest BCUT2D eigenvalue weighted by Crippen LogP contribution is 2.34. The number of nitrogens with two attached hydrogens (primary N) is 1. The van der Waals surface area contributed by atoms with Crippen LogP contribution < -0.4 is 27.2 Å². The van der Waals surface area contributed by atoms with Gasteiger partial charge in [0.25, 0.3) is 17.7 Å². The Kier molecular flexibility index (Phi) is 21.4. The van der Waals surface area contributed by atoms with Crippen LogP contribution in [0.5, 0.6) is 0 Å². The smallest absolute Gasteiger partial charge is 0.397 e. The lowest BCUT2D eigenvalue weighted by Gasteiger charge is -2.34. The number of ketones is 1. The molecule has 1 aromatic heterocycles. The molecule has 4 heterocycles. The molecule has 20 nitrogen and oxygen atoms in total. The molecule has 4 aromatic rings. The lowest BCUT2D eigenvalue weighted by molar-refractivity contribution is -0.138. The summed E-state index contributed by atoms with van der Waals surface area (Å²) in [5.41, 5.74) is 6.83. The van der Waals surface area contributed by atoms with E-state index in [2.05, 4.69) is 30.7 Å². The number of fused-ring (bicyclic) bond motifs is 1. The summed E-state index contributed by atoms with van der Waals surface area (Å²) in [6, 6.07) is 17.1. The van der Waals surface area contributed by atoms with Crippen LogP contribution in [-0.4, -0.2) is 166 Å². The summed E-state index contributed by atoms with van der Waals surface area (Å²) in [6.45, 7) is 9.26. The molecule has 5 amide bonds. The Morgan fingerprint density at radius 1 is 0.701 bits per heavy atom. The lowest BCUT2D eigenvalue weighted by Crippen LogP contribution is -2.54. The molecule has 6 N–H and O–H groups in total. The van der Waals surface area contributed by atoms with Crippen LogP contribution in [0, 0.1) is 0 Å². The quantitative estimate of drug-likeness (QED) is 0.0269. The Morgan fingerprint density at radius 3 is 2.04 bits per heavy atom. The number of H-pyrrole nitrogens is 1. The average molecular weight is 1080 g/mol. The van der Waals surface area contributed by atoms with Crippen LogP contribution in [0.4, 0.5) is 30.2 Å². The molecule has 3 aliphatic rings. The molecular formula is C54H65F3N8O12. The number of pyridine rings is 1. The fraction of sp³-hybridized carbons (Fsp3) is 0.463. The number of nitrogen functional groups attached to an aromatic ring is 1. The van der Waals surface area contributed by atoms with Gasteiger partial charge in [-0.05, 0) is 72.8 Å². The van der Waals surface area contributed by atoms with Crippen molar-refractivity contribution in [3.05, 3.63) is 111 Å². The van der Waals surface area contributed by atoms with Crippen molar-refractivity contribution in [3.63, 3.8) is 0 Å². The van der Waals surface area contributed by atoms with Crippen molar-refractivity contribution < 1.29 is 65.6 Å². The molecule has 0 bridgehead atoms. The molecule has 0 saturated carbocycles. The highest BCUT2D eigenvalue weighted by atomic mass is 19.4. The lowest BCUT2D eigenvalue weighted by atomic mass is 10.0. The summed E-state index contributed by atoms with van der Waals surface area (Å²) in [7, 11) is 0. The minimum atomic E-state index is -4.91. The Morgan fingerprint density at radius 2 is 1.35 bits per heavy atom. The van der Waals surface area contributed by atoms with E-state index in [9.17, 15) is 46.7 Å². The summed E-state index contributed by atoms with van der Waals surface area (Å²) in [4.78, 5) is 94.9. The van der Waals surface area contributed by atoms with Crippen LogP contribution >= 0.6 is 0 Å².